The number of hydrogen-bond donors (Lipinski definition) is 1. The maximum Gasteiger partial charge on any atom is 0.150 e. The molecule has 0 aromatic heterocycles. The van der Waals surface area contributed by atoms with Crippen LogP contribution in [-0.4, -0.2) is 26.0 Å². The van der Waals surface area contributed by atoms with Gasteiger partial charge in [-0.05, 0) is 48.9 Å². The van der Waals surface area contributed by atoms with Gasteiger partial charge in [0.05, 0.1) is 11.5 Å². The lowest BCUT2D eigenvalue weighted by atomic mass is 9.95. The van der Waals surface area contributed by atoms with Crippen LogP contribution in [0.4, 0.5) is 4.39 Å². The Labute approximate surface area is 121 Å². The average molecular weight is 350 g/mol. The highest BCUT2D eigenvalue weighted by molar-refractivity contribution is 9.10. The molecule has 1 aliphatic rings. The Morgan fingerprint density at radius 1 is 1.47 bits per heavy atom. The highest BCUT2D eigenvalue weighted by Crippen LogP contribution is 2.24. The quantitative estimate of drug-likeness (QED) is 0.906. The second-order valence-corrected chi connectivity index (χ2v) is 8.35. The summed E-state index contributed by atoms with van der Waals surface area (Å²) in [6, 6.07) is 4.57. The molecule has 1 aromatic rings. The van der Waals surface area contributed by atoms with Gasteiger partial charge in [0.2, 0.25) is 0 Å². The fourth-order valence-corrected chi connectivity index (χ4v) is 4.84. The number of nitrogens with two attached hydrogens (primary N) is 1. The third kappa shape index (κ3) is 4.26. The van der Waals surface area contributed by atoms with Crippen molar-refractivity contribution in [3.8, 4) is 0 Å². The third-order valence-electron chi connectivity index (χ3n) is 3.45. The van der Waals surface area contributed by atoms with Crippen molar-refractivity contribution in [3.05, 3.63) is 34.1 Å². The molecule has 1 heterocycles. The van der Waals surface area contributed by atoms with Gasteiger partial charge < -0.3 is 5.73 Å². The van der Waals surface area contributed by atoms with Crippen molar-refractivity contribution < 1.29 is 12.8 Å². The minimum Gasteiger partial charge on any atom is -0.327 e. The SMILES string of the molecule is NC(Cc1cc(Br)ccc1F)CC1CCS(=O)(=O)C1. The van der Waals surface area contributed by atoms with E-state index in [0.29, 0.717) is 24.8 Å². The van der Waals surface area contributed by atoms with Crippen molar-refractivity contribution in [2.45, 2.75) is 25.3 Å². The average Bonchev–Trinajstić information content (AvgIpc) is 2.63. The standard InChI is InChI=1S/C13H17BrFNO2S/c14-11-1-2-13(15)10(6-11)7-12(16)5-9-3-4-19(17,18)8-9/h1-2,6,9,12H,3-5,7-8,16H2. The molecule has 2 unspecified atom stereocenters. The maximum atomic E-state index is 13.6. The molecule has 0 radical (unpaired) electrons. The molecule has 2 atom stereocenters. The van der Waals surface area contributed by atoms with E-state index in [1.54, 1.807) is 12.1 Å². The first-order valence-electron chi connectivity index (χ1n) is 6.25. The zero-order chi connectivity index (χ0) is 14.0. The van der Waals surface area contributed by atoms with Crippen molar-refractivity contribution >= 4 is 25.8 Å². The van der Waals surface area contributed by atoms with Crippen LogP contribution in [-0.2, 0) is 16.3 Å². The van der Waals surface area contributed by atoms with E-state index in [4.69, 9.17) is 5.73 Å². The molecule has 106 valence electrons. The summed E-state index contributed by atoms with van der Waals surface area (Å²) in [4.78, 5) is 0. The largest absolute Gasteiger partial charge is 0.327 e. The molecule has 0 aliphatic carbocycles. The van der Waals surface area contributed by atoms with E-state index < -0.39 is 9.84 Å². The summed E-state index contributed by atoms with van der Waals surface area (Å²) in [5.41, 5.74) is 6.59. The Kier molecular flexibility index (Phi) is 4.63. The molecule has 2 N–H and O–H groups in total. The summed E-state index contributed by atoms with van der Waals surface area (Å²) in [5.74, 6) is 0.338. The lowest BCUT2D eigenvalue weighted by Crippen LogP contribution is -2.27. The van der Waals surface area contributed by atoms with Gasteiger partial charge in [-0.2, -0.15) is 0 Å². The van der Waals surface area contributed by atoms with E-state index in [9.17, 15) is 12.8 Å². The van der Waals surface area contributed by atoms with Crippen LogP contribution in [0.15, 0.2) is 22.7 Å². The molecule has 0 saturated carbocycles. The first-order chi connectivity index (χ1) is 8.85. The number of rotatable bonds is 4. The Balaban J connectivity index is 1.94. The first-order valence-corrected chi connectivity index (χ1v) is 8.87. The smallest absolute Gasteiger partial charge is 0.150 e. The normalized spacial score (nSPS) is 23.4. The molecule has 1 fully saturated rings. The molecular formula is C13H17BrFNO2S. The van der Waals surface area contributed by atoms with Gasteiger partial charge in [0.1, 0.15) is 5.82 Å². The van der Waals surface area contributed by atoms with Crippen molar-refractivity contribution in [1.29, 1.82) is 0 Å². The second-order valence-electron chi connectivity index (χ2n) is 5.20. The molecule has 0 amide bonds. The summed E-state index contributed by atoms with van der Waals surface area (Å²) in [7, 11) is -2.87. The van der Waals surface area contributed by atoms with E-state index >= 15 is 0 Å². The highest BCUT2D eigenvalue weighted by atomic mass is 79.9. The number of halogens is 2. The molecule has 1 aliphatic heterocycles. The molecule has 19 heavy (non-hydrogen) atoms. The van der Waals surface area contributed by atoms with E-state index in [0.717, 1.165) is 4.47 Å². The predicted molar refractivity (Wildman–Crippen MR) is 77.2 cm³/mol. The van der Waals surface area contributed by atoms with Crippen LogP contribution < -0.4 is 5.73 Å². The van der Waals surface area contributed by atoms with Gasteiger partial charge in [-0.3, -0.25) is 0 Å². The first kappa shape index (κ1) is 14.9. The van der Waals surface area contributed by atoms with E-state index in [2.05, 4.69) is 15.9 Å². The third-order valence-corrected chi connectivity index (χ3v) is 5.78. The molecule has 1 saturated heterocycles. The lowest BCUT2D eigenvalue weighted by molar-refractivity contribution is 0.462. The van der Waals surface area contributed by atoms with Crippen molar-refractivity contribution in [2.24, 2.45) is 11.7 Å². The fraction of sp³-hybridized carbons (Fsp3) is 0.538. The minimum absolute atomic E-state index is 0.121. The topological polar surface area (TPSA) is 60.2 Å². The Morgan fingerprint density at radius 2 is 2.21 bits per heavy atom. The van der Waals surface area contributed by atoms with Gasteiger partial charge in [-0.25, -0.2) is 12.8 Å². The maximum absolute atomic E-state index is 13.6. The Morgan fingerprint density at radius 3 is 2.84 bits per heavy atom. The molecule has 1 aromatic carbocycles. The second kappa shape index (κ2) is 5.89. The van der Waals surface area contributed by atoms with Gasteiger partial charge in [0, 0.05) is 10.5 Å². The van der Waals surface area contributed by atoms with Gasteiger partial charge in [0.15, 0.2) is 9.84 Å². The van der Waals surface area contributed by atoms with Crippen LogP contribution in [0.2, 0.25) is 0 Å². The molecule has 3 nitrogen and oxygen atoms in total. The summed E-state index contributed by atoms with van der Waals surface area (Å²) >= 11 is 3.30. The molecular weight excluding hydrogens is 333 g/mol. The highest BCUT2D eigenvalue weighted by Gasteiger charge is 2.29. The number of sulfone groups is 1. The summed E-state index contributed by atoms with van der Waals surface area (Å²) < 4.78 is 37.2. The van der Waals surface area contributed by atoms with Crippen LogP contribution >= 0.6 is 15.9 Å². The number of hydrogen-bond acceptors (Lipinski definition) is 3. The molecule has 6 heteroatoms. The summed E-state index contributed by atoms with van der Waals surface area (Å²) in [6.07, 6.45) is 1.74. The van der Waals surface area contributed by atoms with Crippen LogP contribution in [0.1, 0.15) is 18.4 Å². The van der Waals surface area contributed by atoms with Crippen LogP contribution in [0.3, 0.4) is 0 Å². The van der Waals surface area contributed by atoms with Crippen molar-refractivity contribution in [1.82, 2.24) is 0 Å². The Hall–Kier alpha value is -0.460. The fourth-order valence-electron chi connectivity index (χ4n) is 2.55. The van der Waals surface area contributed by atoms with Gasteiger partial charge in [0.25, 0.3) is 0 Å². The van der Waals surface area contributed by atoms with Gasteiger partial charge >= 0.3 is 0 Å². The van der Waals surface area contributed by atoms with Crippen molar-refractivity contribution in [3.63, 3.8) is 0 Å². The Bertz CT molecular complexity index is 562. The van der Waals surface area contributed by atoms with Crippen LogP contribution in [0, 0.1) is 11.7 Å². The van der Waals surface area contributed by atoms with E-state index in [-0.39, 0.29) is 29.3 Å². The lowest BCUT2D eigenvalue weighted by Gasteiger charge is -2.16. The van der Waals surface area contributed by atoms with Crippen LogP contribution in [0.5, 0.6) is 0 Å². The summed E-state index contributed by atoms with van der Waals surface area (Å²) in [5, 5.41) is 0. The molecule has 0 bridgehead atoms. The van der Waals surface area contributed by atoms with Crippen LogP contribution in [0.25, 0.3) is 0 Å². The minimum atomic E-state index is -2.87. The van der Waals surface area contributed by atoms with E-state index in [1.165, 1.54) is 6.07 Å². The predicted octanol–water partition coefficient (Wildman–Crippen LogP) is 2.28. The zero-order valence-corrected chi connectivity index (χ0v) is 12.9. The molecule has 0 spiro atoms. The van der Waals surface area contributed by atoms with E-state index in [1.807, 2.05) is 0 Å². The summed E-state index contributed by atoms with van der Waals surface area (Å²) in [6.45, 7) is 0. The van der Waals surface area contributed by atoms with Gasteiger partial charge in [-0.15, -0.1) is 0 Å². The van der Waals surface area contributed by atoms with Gasteiger partial charge in [-0.1, -0.05) is 15.9 Å². The monoisotopic (exact) mass is 349 g/mol. The number of benzene rings is 1. The van der Waals surface area contributed by atoms with Crippen molar-refractivity contribution in [2.75, 3.05) is 11.5 Å². The zero-order valence-electron chi connectivity index (χ0n) is 10.5. The molecule has 2 rings (SSSR count).